The molecule has 0 aliphatic rings. The van der Waals surface area contributed by atoms with Crippen molar-refractivity contribution < 1.29 is 13.9 Å². The second kappa shape index (κ2) is 10.3. The normalized spacial score (nSPS) is 10.4. The Hall–Kier alpha value is -1.48. The van der Waals surface area contributed by atoms with Gasteiger partial charge in [0.05, 0.1) is 18.8 Å². The summed E-state index contributed by atoms with van der Waals surface area (Å²) in [6.07, 6.45) is 1.92. The smallest absolute Gasteiger partial charge is 0.145 e. The van der Waals surface area contributed by atoms with E-state index in [9.17, 15) is 4.39 Å². The van der Waals surface area contributed by atoms with Crippen LogP contribution in [0.3, 0.4) is 0 Å². The van der Waals surface area contributed by atoms with E-state index in [4.69, 9.17) is 14.7 Å². The Morgan fingerprint density at radius 1 is 1.25 bits per heavy atom. The molecule has 0 radical (unpaired) electrons. The molecule has 110 valence electrons. The van der Waals surface area contributed by atoms with Gasteiger partial charge in [-0.3, -0.25) is 0 Å². The molecule has 0 saturated heterocycles. The third kappa shape index (κ3) is 6.11. The fourth-order valence-corrected chi connectivity index (χ4v) is 1.72. The van der Waals surface area contributed by atoms with E-state index in [0.717, 1.165) is 19.4 Å². The molecule has 1 rings (SSSR count). The maximum Gasteiger partial charge on any atom is 0.145 e. The molecule has 0 saturated carbocycles. The van der Waals surface area contributed by atoms with Crippen LogP contribution in [-0.4, -0.2) is 33.5 Å². The Labute approximate surface area is 119 Å². The first-order valence-corrected chi connectivity index (χ1v) is 6.74. The number of halogens is 1. The van der Waals surface area contributed by atoms with Crippen LogP contribution >= 0.6 is 0 Å². The van der Waals surface area contributed by atoms with Crippen molar-refractivity contribution in [2.75, 3.05) is 33.5 Å². The minimum Gasteiger partial charge on any atom is -0.382 e. The van der Waals surface area contributed by atoms with Crippen molar-refractivity contribution in [3.63, 3.8) is 0 Å². The molecule has 0 aliphatic heterocycles. The molecular formula is C15H21FN2O2. The predicted octanol–water partition coefficient (Wildman–Crippen LogP) is 2.23. The Morgan fingerprint density at radius 3 is 2.85 bits per heavy atom. The molecule has 4 nitrogen and oxygen atoms in total. The van der Waals surface area contributed by atoms with Crippen molar-refractivity contribution in [1.29, 1.82) is 5.26 Å². The minimum atomic E-state index is -0.426. The lowest BCUT2D eigenvalue weighted by Gasteiger charge is -2.07. The Kier molecular flexibility index (Phi) is 8.56. The van der Waals surface area contributed by atoms with Crippen molar-refractivity contribution in [2.45, 2.75) is 19.4 Å². The van der Waals surface area contributed by atoms with Gasteiger partial charge in [0.15, 0.2) is 0 Å². The minimum absolute atomic E-state index is 0.0934. The molecule has 0 bridgehead atoms. The number of ether oxygens (including phenoxy) is 2. The molecule has 0 aromatic heterocycles. The molecule has 0 amide bonds. The summed E-state index contributed by atoms with van der Waals surface area (Å²) in [5.74, 6) is -0.426. The summed E-state index contributed by atoms with van der Waals surface area (Å²) in [7, 11) is 1.65. The number of nitrogens with zero attached hydrogens (tertiary/aromatic N) is 1. The first-order chi connectivity index (χ1) is 9.79. The van der Waals surface area contributed by atoms with Crippen molar-refractivity contribution >= 4 is 0 Å². The van der Waals surface area contributed by atoms with Crippen LogP contribution in [0, 0.1) is 17.1 Å². The molecule has 1 N–H and O–H groups in total. The predicted molar refractivity (Wildman–Crippen MR) is 74.8 cm³/mol. The lowest BCUT2D eigenvalue weighted by atomic mass is 10.1. The third-order valence-electron chi connectivity index (χ3n) is 2.84. The fourth-order valence-electron chi connectivity index (χ4n) is 1.72. The Bertz CT molecular complexity index is 432. The van der Waals surface area contributed by atoms with Gasteiger partial charge < -0.3 is 14.8 Å². The summed E-state index contributed by atoms with van der Waals surface area (Å²) >= 11 is 0. The Balaban J connectivity index is 2.11. The van der Waals surface area contributed by atoms with Gasteiger partial charge in [-0.25, -0.2) is 4.39 Å². The maximum absolute atomic E-state index is 13.7. The second-order valence-electron chi connectivity index (χ2n) is 4.38. The van der Waals surface area contributed by atoms with E-state index in [-0.39, 0.29) is 5.56 Å². The van der Waals surface area contributed by atoms with Crippen LogP contribution < -0.4 is 5.32 Å². The van der Waals surface area contributed by atoms with Crippen molar-refractivity contribution in [1.82, 2.24) is 5.32 Å². The number of nitrogens with one attached hydrogen (secondary N) is 1. The molecule has 20 heavy (non-hydrogen) atoms. The van der Waals surface area contributed by atoms with E-state index in [1.54, 1.807) is 19.2 Å². The molecule has 0 aliphatic carbocycles. The number of unbranched alkanes of at least 4 members (excludes halogenated alkanes) is 1. The molecule has 0 spiro atoms. The number of hydrogen-bond acceptors (Lipinski definition) is 4. The van der Waals surface area contributed by atoms with E-state index in [0.29, 0.717) is 31.9 Å². The maximum atomic E-state index is 13.7. The molecule has 5 heteroatoms. The van der Waals surface area contributed by atoms with E-state index in [1.165, 1.54) is 6.07 Å². The van der Waals surface area contributed by atoms with Crippen LogP contribution in [-0.2, 0) is 16.0 Å². The monoisotopic (exact) mass is 280 g/mol. The number of methoxy groups -OCH3 is 1. The largest absolute Gasteiger partial charge is 0.382 e. The van der Waals surface area contributed by atoms with Crippen LogP contribution in [0.4, 0.5) is 4.39 Å². The molecule has 1 aromatic carbocycles. The van der Waals surface area contributed by atoms with Gasteiger partial charge in [-0.1, -0.05) is 12.1 Å². The highest BCUT2D eigenvalue weighted by atomic mass is 19.1. The van der Waals surface area contributed by atoms with Crippen LogP contribution in [0.25, 0.3) is 0 Å². The highest BCUT2D eigenvalue weighted by molar-refractivity contribution is 5.34. The van der Waals surface area contributed by atoms with Crippen LogP contribution in [0.2, 0.25) is 0 Å². The third-order valence-corrected chi connectivity index (χ3v) is 2.84. The van der Waals surface area contributed by atoms with Crippen LogP contribution in [0.1, 0.15) is 24.0 Å². The molecule has 0 fully saturated rings. The van der Waals surface area contributed by atoms with Crippen LogP contribution in [0.5, 0.6) is 0 Å². The lowest BCUT2D eigenvalue weighted by molar-refractivity contribution is 0.0688. The molecule has 0 atom stereocenters. The number of benzene rings is 1. The summed E-state index contributed by atoms with van der Waals surface area (Å²) < 4.78 is 23.9. The molecule has 0 heterocycles. The summed E-state index contributed by atoms with van der Waals surface area (Å²) in [6.45, 7) is 3.18. The van der Waals surface area contributed by atoms with Gasteiger partial charge in [-0.15, -0.1) is 0 Å². The number of nitriles is 1. The van der Waals surface area contributed by atoms with Gasteiger partial charge in [-0.05, 0) is 25.5 Å². The van der Waals surface area contributed by atoms with E-state index in [1.807, 2.05) is 6.07 Å². The van der Waals surface area contributed by atoms with Crippen molar-refractivity contribution in [3.05, 3.63) is 35.1 Å². The fraction of sp³-hybridized carbons (Fsp3) is 0.533. The standard InChI is InChI=1S/C15H21FN2O2/c1-19-9-10-20-8-3-2-7-18-12-14-6-4-5-13(11-17)15(14)16/h4-6,18H,2-3,7-10,12H2,1H3. The van der Waals surface area contributed by atoms with Gasteiger partial charge in [-0.2, -0.15) is 5.26 Å². The SMILES string of the molecule is COCCOCCCCNCc1cccc(C#N)c1F. The average molecular weight is 280 g/mol. The number of hydrogen-bond donors (Lipinski definition) is 1. The van der Waals surface area contributed by atoms with E-state index >= 15 is 0 Å². The first kappa shape index (κ1) is 16.6. The van der Waals surface area contributed by atoms with Gasteiger partial charge in [0.2, 0.25) is 0 Å². The summed E-state index contributed by atoms with van der Waals surface area (Å²) in [4.78, 5) is 0. The van der Waals surface area contributed by atoms with Crippen molar-refractivity contribution in [2.24, 2.45) is 0 Å². The van der Waals surface area contributed by atoms with Crippen LogP contribution in [0.15, 0.2) is 18.2 Å². The summed E-state index contributed by atoms with van der Waals surface area (Å²) in [5, 5.41) is 11.9. The van der Waals surface area contributed by atoms with Gasteiger partial charge in [0, 0.05) is 25.8 Å². The summed E-state index contributed by atoms with van der Waals surface area (Å²) in [5.41, 5.74) is 0.622. The van der Waals surface area contributed by atoms with E-state index < -0.39 is 5.82 Å². The summed E-state index contributed by atoms with van der Waals surface area (Å²) in [6, 6.07) is 6.71. The zero-order chi connectivity index (χ0) is 14.6. The highest BCUT2D eigenvalue weighted by Crippen LogP contribution is 2.11. The van der Waals surface area contributed by atoms with Gasteiger partial charge in [0.25, 0.3) is 0 Å². The zero-order valence-electron chi connectivity index (χ0n) is 11.8. The first-order valence-electron chi connectivity index (χ1n) is 6.74. The molecule has 1 aromatic rings. The average Bonchev–Trinajstić information content (AvgIpc) is 2.47. The molecular weight excluding hydrogens is 259 g/mol. The quantitative estimate of drug-likeness (QED) is 0.668. The van der Waals surface area contributed by atoms with Gasteiger partial charge in [0.1, 0.15) is 11.9 Å². The highest BCUT2D eigenvalue weighted by Gasteiger charge is 2.06. The van der Waals surface area contributed by atoms with Gasteiger partial charge >= 0.3 is 0 Å². The lowest BCUT2D eigenvalue weighted by Crippen LogP contribution is -2.16. The Morgan fingerprint density at radius 2 is 2.10 bits per heavy atom. The number of rotatable bonds is 10. The van der Waals surface area contributed by atoms with E-state index in [2.05, 4.69) is 5.32 Å². The van der Waals surface area contributed by atoms with Crippen molar-refractivity contribution in [3.8, 4) is 6.07 Å². The molecule has 0 unspecified atom stereocenters. The second-order valence-corrected chi connectivity index (χ2v) is 4.38. The topological polar surface area (TPSA) is 54.3 Å². The zero-order valence-corrected chi connectivity index (χ0v) is 11.8.